The first-order valence-corrected chi connectivity index (χ1v) is 5.35. The number of piperazine rings is 1. The standard InChI is InChI=1S/C11H19N3O2/c1-12(2)6-4-5-10(15)14-8-7-13(3)11(16)9-14/h4-5H,6-9H2,1-3H3/b5-4+. The molecule has 0 aliphatic carbocycles. The molecular formula is C11H19N3O2. The number of rotatable bonds is 3. The Morgan fingerprint density at radius 2 is 2.12 bits per heavy atom. The van der Waals surface area contributed by atoms with Crippen LogP contribution in [-0.2, 0) is 9.59 Å². The minimum absolute atomic E-state index is 0.000564. The van der Waals surface area contributed by atoms with Gasteiger partial charge in [0.1, 0.15) is 6.54 Å². The Morgan fingerprint density at radius 3 is 2.69 bits per heavy atom. The zero-order chi connectivity index (χ0) is 12.1. The van der Waals surface area contributed by atoms with Gasteiger partial charge in [-0.1, -0.05) is 6.08 Å². The van der Waals surface area contributed by atoms with Crippen LogP contribution < -0.4 is 0 Å². The molecule has 0 atom stereocenters. The lowest BCUT2D eigenvalue weighted by molar-refractivity contribution is -0.141. The summed E-state index contributed by atoms with van der Waals surface area (Å²) < 4.78 is 0. The predicted octanol–water partition coefficient (Wildman–Crippen LogP) is -0.595. The Labute approximate surface area is 96.3 Å². The zero-order valence-electron chi connectivity index (χ0n) is 10.1. The summed E-state index contributed by atoms with van der Waals surface area (Å²) in [7, 11) is 5.63. The Kier molecular flexibility index (Phi) is 4.49. The highest BCUT2D eigenvalue weighted by atomic mass is 16.2. The van der Waals surface area contributed by atoms with Crippen LogP contribution in [0.25, 0.3) is 0 Å². The van der Waals surface area contributed by atoms with Crippen molar-refractivity contribution < 1.29 is 9.59 Å². The van der Waals surface area contributed by atoms with E-state index >= 15 is 0 Å². The van der Waals surface area contributed by atoms with Crippen molar-refractivity contribution in [3.63, 3.8) is 0 Å². The summed E-state index contributed by atoms with van der Waals surface area (Å²) in [6.07, 6.45) is 3.35. The van der Waals surface area contributed by atoms with Gasteiger partial charge in [0.05, 0.1) is 0 Å². The second-order valence-corrected chi connectivity index (χ2v) is 4.24. The normalized spacial score (nSPS) is 17.6. The number of likely N-dealkylation sites (N-methyl/N-ethyl adjacent to an activating group) is 2. The fourth-order valence-electron chi connectivity index (χ4n) is 1.42. The molecule has 2 amide bonds. The van der Waals surface area contributed by atoms with Gasteiger partial charge < -0.3 is 14.7 Å². The molecular weight excluding hydrogens is 206 g/mol. The molecule has 5 nitrogen and oxygen atoms in total. The van der Waals surface area contributed by atoms with E-state index in [1.54, 1.807) is 22.9 Å². The maximum absolute atomic E-state index is 11.7. The molecule has 90 valence electrons. The number of carbonyl (C=O) groups is 2. The van der Waals surface area contributed by atoms with E-state index in [1.807, 2.05) is 25.1 Å². The third kappa shape index (κ3) is 3.66. The smallest absolute Gasteiger partial charge is 0.246 e. The molecule has 0 aromatic rings. The quantitative estimate of drug-likeness (QED) is 0.603. The topological polar surface area (TPSA) is 43.9 Å². The van der Waals surface area contributed by atoms with E-state index < -0.39 is 0 Å². The Morgan fingerprint density at radius 1 is 1.44 bits per heavy atom. The van der Waals surface area contributed by atoms with Crippen molar-refractivity contribution in [2.24, 2.45) is 0 Å². The monoisotopic (exact) mass is 225 g/mol. The lowest BCUT2D eigenvalue weighted by atomic mass is 10.3. The second-order valence-electron chi connectivity index (χ2n) is 4.24. The van der Waals surface area contributed by atoms with Crippen LogP contribution in [0.5, 0.6) is 0 Å². The van der Waals surface area contributed by atoms with Gasteiger partial charge in [-0.25, -0.2) is 0 Å². The average Bonchev–Trinajstić information content (AvgIpc) is 2.21. The molecule has 0 unspecified atom stereocenters. The molecule has 0 aromatic heterocycles. The first-order valence-electron chi connectivity index (χ1n) is 5.35. The number of carbonyl (C=O) groups excluding carboxylic acids is 2. The molecule has 0 N–H and O–H groups in total. The van der Waals surface area contributed by atoms with Crippen LogP contribution in [0.2, 0.25) is 0 Å². The molecule has 16 heavy (non-hydrogen) atoms. The van der Waals surface area contributed by atoms with Crippen molar-refractivity contribution in [3.05, 3.63) is 12.2 Å². The summed E-state index contributed by atoms with van der Waals surface area (Å²) in [6, 6.07) is 0. The third-order valence-corrected chi connectivity index (χ3v) is 2.50. The molecule has 0 bridgehead atoms. The molecule has 1 aliphatic heterocycles. The summed E-state index contributed by atoms with van der Waals surface area (Å²) in [5, 5.41) is 0. The Balaban J connectivity index is 2.43. The van der Waals surface area contributed by atoms with Crippen molar-refractivity contribution >= 4 is 11.8 Å². The van der Waals surface area contributed by atoms with E-state index in [1.165, 1.54) is 0 Å². The number of hydrogen-bond acceptors (Lipinski definition) is 3. The van der Waals surface area contributed by atoms with E-state index in [0.29, 0.717) is 13.1 Å². The largest absolute Gasteiger partial charge is 0.342 e. The van der Waals surface area contributed by atoms with E-state index in [0.717, 1.165) is 6.54 Å². The van der Waals surface area contributed by atoms with Crippen molar-refractivity contribution in [2.45, 2.75) is 0 Å². The molecule has 0 saturated carbocycles. The summed E-state index contributed by atoms with van der Waals surface area (Å²) in [4.78, 5) is 28.3. The first kappa shape index (κ1) is 12.7. The van der Waals surface area contributed by atoms with Gasteiger partial charge in [0.15, 0.2) is 0 Å². The minimum atomic E-state index is -0.0803. The third-order valence-electron chi connectivity index (χ3n) is 2.50. The van der Waals surface area contributed by atoms with Gasteiger partial charge in [0.25, 0.3) is 0 Å². The van der Waals surface area contributed by atoms with E-state index in [9.17, 15) is 9.59 Å². The van der Waals surface area contributed by atoms with E-state index in [4.69, 9.17) is 0 Å². The number of nitrogens with zero attached hydrogens (tertiary/aromatic N) is 3. The van der Waals surface area contributed by atoms with Crippen LogP contribution in [-0.4, -0.2) is 73.8 Å². The first-order chi connectivity index (χ1) is 7.50. The summed E-state index contributed by atoms with van der Waals surface area (Å²) in [6.45, 7) is 2.16. The number of amides is 2. The fraction of sp³-hybridized carbons (Fsp3) is 0.636. The van der Waals surface area contributed by atoms with Gasteiger partial charge >= 0.3 is 0 Å². The van der Waals surface area contributed by atoms with Crippen LogP contribution in [0.1, 0.15) is 0 Å². The maximum atomic E-state index is 11.7. The van der Waals surface area contributed by atoms with Crippen molar-refractivity contribution in [1.82, 2.24) is 14.7 Å². The van der Waals surface area contributed by atoms with Crippen LogP contribution in [0.4, 0.5) is 0 Å². The second kappa shape index (κ2) is 5.65. The van der Waals surface area contributed by atoms with Crippen molar-refractivity contribution in [2.75, 3.05) is 47.3 Å². The van der Waals surface area contributed by atoms with E-state index in [2.05, 4.69) is 0 Å². The van der Waals surface area contributed by atoms with Gasteiger partial charge in [-0.2, -0.15) is 0 Å². The minimum Gasteiger partial charge on any atom is -0.342 e. The molecule has 5 heteroatoms. The summed E-state index contributed by atoms with van der Waals surface area (Å²) in [5.74, 6) is -0.0797. The van der Waals surface area contributed by atoms with Crippen molar-refractivity contribution in [1.29, 1.82) is 0 Å². The lowest BCUT2D eigenvalue weighted by Gasteiger charge is -2.31. The molecule has 1 heterocycles. The maximum Gasteiger partial charge on any atom is 0.246 e. The molecule has 1 rings (SSSR count). The average molecular weight is 225 g/mol. The Hall–Kier alpha value is -1.36. The van der Waals surface area contributed by atoms with Gasteiger partial charge in [0, 0.05) is 32.8 Å². The van der Waals surface area contributed by atoms with Gasteiger partial charge in [-0.3, -0.25) is 9.59 Å². The van der Waals surface area contributed by atoms with Gasteiger partial charge in [0.2, 0.25) is 11.8 Å². The van der Waals surface area contributed by atoms with Gasteiger partial charge in [-0.05, 0) is 14.1 Å². The SMILES string of the molecule is CN(C)C/C=C/C(=O)N1CCN(C)C(=O)C1. The van der Waals surface area contributed by atoms with Crippen LogP contribution in [0.15, 0.2) is 12.2 Å². The van der Waals surface area contributed by atoms with Gasteiger partial charge in [-0.15, -0.1) is 0 Å². The highest BCUT2D eigenvalue weighted by molar-refractivity contribution is 5.92. The lowest BCUT2D eigenvalue weighted by Crippen LogP contribution is -2.50. The molecule has 1 aliphatic rings. The highest BCUT2D eigenvalue weighted by Gasteiger charge is 2.23. The fourth-order valence-corrected chi connectivity index (χ4v) is 1.42. The molecule has 0 aromatic carbocycles. The molecule has 1 saturated heterocycles. The number of hydrogen-bond donors (Lipinski definition) is 0. The highest BCUT2D eigenvalue weighted by Crippen LogP contribution is 2.01. The predicted molar refractivity (Wildman–Crippen MR) is 61.9 cm³/mol. The molecule has 0 spiro atoms. The van der Waals surface area contributed by atoms with Crippen LogP contribution in [0, 0.1) is 0 Å². The summed E-state index contributed by atoms with van der Waals surface area (Å²) in [5.41, 5.74) is 0. The van der Waals surface area contributed by atoms with Crippen molar-refractivity contribution in [3.8, 4) is 0 Å². The molecule has 1 fully saturated rings. The summed E-state index contributed by atoms with van der Waals surface area (Å²) >= 11 is 0. The molecule has 0 radical (unpaired) electrons. The van der Waals surface area contributed by atoms with E-state index in [-0.39, 0.29) is 18.4 Å². The Bertz CT molecular complexity index is 300. The van der Waals surface area contributed by atoms with Crippen LogP contribution >= 0.6 is 0 Å². The van der Waals surface area contributed by atoms with Crippen LogP contribution in [0.3, 0.4) is 0 Å². The zero-order valence-corrected chi connectivity index (χ0v) is 10.1.